The van der Waals surface area contributed by atoms with Crippen molar-refractivity contribution in [3.8, 4) is 5.75 Å². The molecule has 3 aromatic rings. The summed E-state index contributed by atoms with van der Waals surface area (Å²) in [6.45, 7) is 1.17. The highest BCUT2D eigenvalue weighted by Crippen LogP contribution is 2.36. The number of carbonyl (C=O) groups excluding carboxylic acids is 1. The number of amides is 1. The molecule has 154 valence electrons. The van der Waals surface area contributed by atoms with Gasteiger partial charge in [-0.05, 0) is 31.4 Å². The molecule has 1 amide bonds. The van der Waals surface area contributed by atoms with Crippen molar-refractivity contribution in [2.24, 2.45) is 0 Å². The van der Waals surface area contributed by atoms with E-state index in [9.17, 15) is 13.2 Å². The SMILES string of the molecule is COc1cc2c(cc1NC(=O)CCCS(=O)(=O)N1CCCC1)oc1ccccc12. The molecule has 1 saturated heterocycles. The van der Waals surface area contributed by atoms with Crippen LogP contribution in [0, 0.1) is 0 Å². The molecular weight excluding hydrogens is 392 g/mol. The number of nitrogens with one attached hydrogen (secondary N) is 1. The van der Waals surface area contributed by atoms with Crippen LogP contribution in [0.25, 0.3) is 21.9 Å². The van der Waals surface area contributed by atoms with Gasteiger partial charge in [0.25, 0.3) is 0 Å². The zero-order valence-electron chi connectivity index (χ0n) is 16.3. The second kappa shape index (κ2) is 8.04. The van der Waals surface area contributed by atoms with Crippen LogP contribution in [0.4, 0.5) is 5.69 Å². The molecule has 0 saturated carbocycles. The van der Waals surface area contributed by atoms with Crippen LogP contribution in [0.15, 0.2) is 40.8 Å². The van der Waals surface area contributed by atoms with Gasteiger partial charge in [-0.1, -0.05) is 18.2 Å². The second-order valence-electron chi connectivity index (χ2n) is 7.22. The number of sulfonamides is 1. The molecule has 8 heteroatoms. The van der Waals surface area contributed by atoms with Gasteiger partial charge in [0.05, 0.1) is 18.6 Å². The third kappa shape index (κ3) is 4.09. The van der Waals surface area contributed by atoms with Gasteiger partial charge in [-0.2, -0.15) is 0 Å². The molecule has 1 aromatic heterocycles. The predicted molar refractivity (Wildman–Crippen MR) is 113 cm³/mol. The Labute approximate surface area is 169 Å². The number of hydrogen-bond donors (Lipinski definition) is 1. The Bertz CT molecular complexity index is 1150. The lowest BCUT2D eigenvalue weighted by molar-refractivity contribution is -0.116. The fraction of sp³-hybridized carbons (Fsp3) is 0.381. The summed E-state index contributed by atoms with van der Waals surface area (Å²) in [5.74, 6) is 0.262. The molecule has 1 aliphatic rings. The number of methoxy groups -OCH3 is 1. The van der Waals surface area contributed by atoms with Gasteiger partial charge in [0, 0.05) is 36.3 Å². The summed E-state index contributed by atoms with van der Waals surface area (Å²) in [5, 5.41) is 4.71. The highest BCUT2D eigenvalue weighted by atomic mass is 32.2. The minimum atomic E-state index is -3.27. The van der Waals surface area contributed by atoms with Crippen molar-refractivity contribution in [2.75, 3.05) is 31.3 Å². The summed E-state index contributed by atoms with van der Waals surface area (Å²) < 4.78 is 37.4. The van der Waals surface area contributed by atoms with Gasteiger partial charge < -0.3 is 14.5 Å². The molecule has 1 fully saturated rings. The van der Waals surface area contributed by atoms with E-state index in [0.717, 1.165) is 29.2 Å². The summed E-state index contributed by atoms with van der Waals surface area (Å²) in [6, 6.07) is 11.3. The van der Waals surface area contributed by atoms with E-state index in [4.69, 9.17) is 9.15 Å². The van der Waals surface area contributed by atoms with E-state index in [-0.39, 0.29) is 24.5 Å². The maximum absolute atomic E-state index is 12.4. The molecule has 4 rings (SSSR count). The fourth-order valence-corrected chi connectivity index (χ4v) is 5.32. The zero-order valence-corrected chi connectivity index (χ0v) is 17.1. The second-order valence-corrected chi connectivity index (χ2v) is 9.31. The van der Waals surface area contributed by atoms with Crippen LogP contribution >= 0.6 is 0 Å². The Morgan fingerprint density at radius 2 is 1.90 bits per heavy atom. The lowest BCUT2D eigenvalue weighted by atomic mass is 10.1. The van der Waals surface area contributed by atoms with Gasteiger partial charge in [0.15, 0.2) is 0 Å². The van der Waals surface area contributed by atoms with Crippen LogP contribution < -0.4 is 10.1 Å². The first-order chi connectivity index (χ1) is 14.0. The number of carbonyl (C=O) groups is 1. The van der Waals surface area contributed by atoms with Crippen molar-refractivity contribution in [3.05, 3.63) is 36.4 Å². The number of ether oxygens (including phenoxy) is 1. The number of fused-ring (bicyclic) bond motifs is 3. The van der Waals surface area contributed by atoms with E-state index in [1.165, 1.54) is 4.31 Å². The molecule has 2 heterocycles. The number of nitrogens with zero attached hydrogens (tertiary/aromatic N) is 1. The average molecular weight is 416 g/mol. The van der Waals surface area contributed by atoms with E-state index in [1.807, 2.05) is 30.3 Å². The fourth-order valence-electron chi connectivity index (χ4n) is 3.74. The Kier molecular flexibility index (Phi) is 5.47. The van der Waals surface area contributed by atoms with Crippen molar-refractivity contribution < 1.29 is 22.4 Å². The van der Waals surface area contributed by atoms with E-state index in [2.05, 4.69) is 5.32 Å². The number of rotatable bonds is 7. The van der Waals surface area contributed by atoms with Crippen LogP contribution in [0.5, 0.6) is 5.75 Å². The van der Waals surface area contributed by atoms with Crippen molar-refractivity contribution >= 4 is 43.6 Å². The van der Waals surface area contributed by atoms with E-state index in [1.54, 1.807) is 13.2 Å². The highest BCUT2D eigenvalue weighted by Gasteiger charge is 2.25. The quantitative estimate of drug-likeness (QED) is 0.634. The first-order valence-electron chi connectivity index (χ1n) is 9.75. The summed E-state index contributed by atoms with van der Waals surface area (Å²) in [5.41, 5.74) is 1.92. The lowest BCUT2D eigenvalue weighted by Gasteiger charge is -2.15. The summed E-state index contributed by atoms with van der Waals surface area (Å²) in [4.78, 5) is 12.4. The molecule has 1 N–H and O–H groups in total. The van der Waals surface area contributed by atoms with Crippen molar-refractivity contribution in [3.63, 3.8) is 0 Å². The number of benzene rings is 2. The number of furan rings is 1. The van der Waals surface area contributed by atoms with Gasteiger partial charge in [-0.25, -0.2) is 12.7 Å². The molecular formula is C21H24N2O5S. The van der Waals surface area contributed by atoms with E-state index >= 15 is 0 Å². The summed E-state index contributed by atoms with van der Waals surface area (Å²) in [6.07, 6.45) is 2.21. The molecule has 2 aromatic carbocycles. The third-order valence-corrected chi connectivity index (χ3v) is 7.19. The molecule has 1 aliphatic heterocycles. The Balaban J connectivity index is 1.45. The molecule has 0 atom stereocenters. The van der Waals surface area contributed by atoms with Gasteiger partial charge in [-0.3, -0.25) is 4.79 Å². The molecule has 0 radical (unpaired) electrons. The van der Waals surface area contributed by atoms with Crippen LogP contribution in [0.3, 0.4) is 0 Å². The van der Waals surface area contributed by atoms with E-state index < -0.39 is 10.0 Å². The Morgan fingerprint density at radius 1 is 1.14 bits per heavy atom. The lowest BCUT2D eigenvalue weighted by Crippen LogP contribution is -2.30. The maximum Gasteiger partial charge on any atom is 0.224 e. The average Bonchev–Trinajstić information content (AvgIpc) is 3.35. The predicted octanol–water partition coefficient (Wildman–Crippen LogP) is 3.74. The first kappa shape index (κ1) is 19.7. The van der Waals surface area contributed by atoms with Crippen LogP contribution in [0.2, 0.25) is 0 Å². The number of para-hydroxylation sites is 1. The topological polar surface area (TPSA) is 88.8 Å². The van der Waals surface area contributed by atoms with Crippen molar-refractivity contribution in [1.82, 2.24) is 4.31 Å². The molecule has 0 aliphatic carbocycles. The third-order valence-electron chi connectivity index (χ3n) is 5.24. The highest BCUT2D eigenvalue weighted by molar-refractivity contribution is 7.89. The van der Waals surface area contributed by atoms with Gasteiger partial charge in [-0.15, -0.1) is 0 Å². The number of hydrogen-bond acceptors (Lipinski definition) is 5. The number of anilines is 1. The maximum atomic E-state index is 12.4. The Morgan fingerprint density at radius 3 is 2.66 bits per heavy atom. The molecule has 29 heavy (non-hydrogen) atoms. The molecule has 7 nitrogen and oxygen atoms in total. The zero-order chi connectivity index (χ0) is 20.4. The summed E-state index contributed by atoms with van der Waals surface area (Å²) in [7, 11) is -1.73. The van der Waals surface area contributed by atoms with Crippen molar-refractivity contribution in [2.45, 2.75) is 25.7 Å². The smallest absolute Gasteiger partial charge is 0.224 e. The largest absolute Gasteiger partial charge is 0.495 e. The van der Waals surface area contributed by atoms with Gasteiger partial charge in [0.1, 0.15) is 16.9 Å². The Hall–Kier alpha value is -2.58. The van der Waals surface area contributed by atoms with E-state index in [0.29, 0.717) is 30.1 Å². The minimum absolute atomic E-state index is 0.0137. The summed E-state index contributed by atoms with van der Waals surface area (Å²) >= 11 is 0. The normalized spacial score (nSPS) is 15.2. The standard InChI is InChI=1S/C21H24N2O5S/c1-27-20-13-16-15-7-2-3-8-18(15)28-19(16)14-17(20)22-21(24)9-6-12-29(25,26)23-10-4-5-11-23/h2-3,7-8,13-14H,4-6,9-12H2,1H3,(H,22,24). The van der Waals surface area contributed by atoms with Crippen molar-refractivity contribution in [1.29, 1.82) is 0 Å². The van der Waals surface area contributed by atoms with Crippen LogP contribution in [-0.4, -0.2) is 44.6 Å². The monoisotopic (exact) mass is 416 g/mol. The van der Waals surface area contributed by atoms with Gasteiger partial charge >= 0.3 is 0 Å². The molecule has 0 bridgehead atoms. The van der Waals surface area contributed by atoms with Gasteiger partial charge in [0.2, 0.25) is 15.9 Å². The minimum Gasteiger partial charge on any atom is -0.495 e. The molecule has 0 unspecified atom stereocenters. The molecule has 0 spiro atoms. The first-order valence-corrected chi connectivity index (χ1v) is 11.4. The van der Waals surface area contributed by atoms with Crippen LogP contribution in [0.1, 0.15) is 25.7 Å². The van der Waals surface area contributed by atoms with Crippen LogP contribution in [-0.2, 0) is 14.8 Å².